The zero-order chi connectivity index (χ0) is 19.5. The van der Waals surface area contributed by atoms with Crippen molar-refractivity contribution in [1.29, 1.82) is 0 Å². The number of carbonyl (C=O) groups excluding carboxylic acids is 1. The lowest BCUT2D eigenvalue weighted by Gasteiger charge is -2.15. The summed E-state index contributed by atoms with van der Waals surface area (Å²) in [5.74, 6) is 2.46. The van der Waals surface area contributed by atoms with E-state index in [1.807, 2.05) is 16.8 Å². The second-order valence-electron chi connectivity index (χ2n) is 8.69. The van der Waals surface area contributed by atoms with Gasteiger partial charge in [0.15, 0.2) is 0 Å². The summed E-state index contributed by atoms with van der Waals surface area (Å²) >= 11 is 6.46. The fraction of sp³-hybridized carbons (Fsp3) is 0.474. The summed E-state index contributed by atoms with van der Waals surface area (Å²) in [6.07, 6.45) is 3.41. The molecule has 0 spiro atoms. The molecule has 0 bridgehead atoms. The Hall–Kier alpha value is -1.40. The minimum atomic E-state index is -1.62. The Balaban J connectivity index is 2.18. The fourth-order valence-corrected chi connectivity index (χ4v) is 3.75. The molecule has 2 heterocycles. The minimum absolute atomic E-state index is 0.272. The topological polar surface area (TPSA) is 44.1 Å². The molecule has 0 saturated heterocycles. The van der Waals surface area contributed by atoms with Gasteiger partial charge < -0.3 is 9.30 Å². The van der Waals surface area contributed by atoms with Gasteiger partial charge in [0.05, 0.1) is 10.6 Å². The Kier molecular flexibility index (Phi) is 6.51. The summed E-state index contributed by atoms with van der Waals surface area (Å²) in [4.78, 5) is 16.8. The van der Waals surface area contributed by atoms with Crippen LogP contribution >= 0.6 is 11.6 Å². The van der Waals surface area contributed by atoms with Gasteiger partial charge in [-0.05, 0) is 18.0 Å². The standard InChI is InChI=1S/C19H27ClN2O2Si2/c1-25(2,3)11-8-17(23)16-13-21-19-15(18(16)20)7-9-22(19)14-24-10-12-26(4,5)6/h7,9,13H,10,12,14H2,1-6H3. The number of rotatable bonds is 6. The maximum Gasteiger partial charge on any atom is 0.238 e. The number of carbonyl (C=O) groups is 1. The van der Waals surface area contributed by atoms with E-state index in [0.29, 0.717) is 17.3 Å². The van der Waals surface area contributed by atoms with Crippen molar-refractivity contribution in [2.24, 2.45) is 0 Å². The van der Waals surface area contributed by atoms with Crippen molar-refractivity contribution in [3.05, 3.63) is 29.0 Å². The number of Topliss-reactive ketones (excluding diaryl/α,β-unsaturated/α-hetero) is 1. The highest BCUT2D eigenvalue weighted by Crippen LogP contribution is 2.27. The molecule has 0 saturated carbocycles. The predicted molar refractivity (Wildman–Crippen MR) is 114 cm³/mol. The number of hydrogen-bond acceptors (Lipinski definition) is 3. The van der Waals surface area contributed by atoms with Crippen LogP contribution in [0.3, 0.4) is 0 Å². The molecule has 2 rings (SSSR count). The second kappa shape index (κ2) is 8.09. The first-order valence-corrected chi connectivity index (χ1v) is 16.3. The van der Waals surface area contributed by atoms with Crippen LogP contribution in [0.5, 0.6) is 0 Å². The van der Waals surface area contributed by atoms with E-state index in [4.69, 9.17) is 16.3 Å². The molecular weight excluding hydrogens is 380 g/mol. The third-order valence-corrected chi connectivity index (χ3v) is 6.73. The van der Waals surface area contributed by atoms with Gasteiger partial charge in [-0.15, -0.1) is 5.54 Å². The first-order valence-electron chi connectivity index (χ1n) is 8.76. The molecular formula is C19H27ClN2O2Si2. The summed E-state index contributed by atoms with van der Waals surface area (Å²) in [5, 5.41) is 1.16. The molecule has 7 heteroatoms. The average Bonchev–Trinajstić information content (AvgIpc) is 2.92. The summed E-state index contributed by atoms with van der Waals surface area (Å²) < 4.78 is 7.70. The van der Waals surface area contributed by atoms with Crippen LogP contribution in [0.15, 0.2) is 18.5 Å². The number of ketones is 1. The monoisotopic (exact) mass is 406 g/mol. The van der Waals surface area contributed by atoms with Crippen molar-refractivity contribution >= 4 is 44.6 Å². The normalized spacial score (nSPS) is 12.1. The highest BCUT2D eigenvalue weighted by Gasteiger charge is 2.16. The van der Waals surface area contributed by atoms with Crippen LogP contribution in [0.1, 0.15) is 10.4 Å². The maximum absolute atomic E-state index is 12.4. The van der Waals surface area contributed by atoms with Crippen LogP contribution in [-0.4, -0.2) is 38.1 Å². The van der Waals surface area contributed by atoms with Gasteiger partial charge in [-0.25, -0.2) is 4.98 Å². The Morgan fingerprint density at radius 2 is 1.96 bits per heavy atom. The van der Waals surface area contributed by atoms with E-state index < -0.39 is 16.1 Å². The molecule has 0 fully saturated rings. The number of pyridine rings is 1. The van der Waals surface area contributed by atoms with Gasteiger partial charge in [-0.1, -0.05) is 50.9 Å². The molecule has 0 unspecified atom stereocenters. The number of fused-ring (bicyclic) bond motifs is 1. The van der Waals surface area contributed by atoms with Crippen molar-refractivity contribution in [2.75, 3.05) is 6.61 Å². The Labute approximate surface area is 162 Å². The average molecular weight is 407 g/mol. The van der Waals surface area contributed by atoms with Crippen LogP contribution < -0.4 is 0 Å². The molecule has 140 valence electrons. The summed E-state index contributed by atoms with van der Waals surface area (Å²) in [6.45, 7) is 14.4. The number of aromatic nitrogens is 2. The van der Waals surface area contributed by atoms with E-state index in [-0.39, 0.29) is 5.78 Å². The van der Waals surface area contributed by atoms with Gasteiger partial charge in [0.2, 0.25) is 5.78 Å². The smallest absolute Gasteiger partial charge is 0.238 e. The molecule has 0 radical (unpaired) electrons. The van der Waals surface area contributed by atoms with E-state index in [1.54, 1.807) is 0 Å². The van der Waals surface area contributed by atoms with Crippen LogP contribution in [0, 0.1) is 11.5 Å². The molecule has 2 aromatic heterocycles. The number of ether oxygens (including phenoxy) is 1. The fourth-order valence-electron chi connectivity index (χ4n) is 2.22. The Morgan fingerprint density at radius 3 is 2.58 bits per heavy atom. The molecule has 0 aromatic carbocycles. The van der Waals surface area contributed by atoms with Crippen molar-refractivity contribution in [1.82, 2.24) is 9.55 Å². The van der Waals surface area contributed by atoms with E-state index in [0.717, 1.165) is 23.7 Å². The SMILES string of the molecule is C[Si](C)(C)C#CC(=O)c1cnc2c(ccn2COCC[Si](C)(C)C)c1Cl. The quantitative estimate of drug-likeness (QED) is 0.291. The Morgan fingerprint density at radius 1 is 1.27 bits per heavy atom. The summed E-state index contributed by atoms with van der Waals surface area (Å²) in [7, 11) is -2.72. The van der Waals surface area contributed by atoms with Crippen LogP contribution in [-0.2, 0) is 11.5 Å². The second-order valence-corrected chi connectivity index (χ2v) is 19.4. The van der Waals surface area contributed by atoms with Gasteiger partial charge in [0, 0.05) is 32.5 Å². The third kappa shape index (κ3) is 5.81. The molecule has 4 nitrogen and oxygen atoms in total. The lowest BCUT2D eigenvalue weighted by molar-refractivity contribution is 0.0899. The molecule has 2 aromatic rings. The molecule has 26 heavy (non-hydrogen) atoms. The van der Waals surface area contributed by atoms with Crippen LogP contribution in [0.25, 0.3) is 11.0 Å². The van der Waals surface area contributed by atoms with Crippen LogP contribution in [0.2, 0.25) is 50.3 Å². The van der Waals surface area contributed by atoms with Gasteiger partial charge in [-0.2, -0.15) is 0 Å². The zero-order valence-electron chi connectivity index (χ0n) is 16.4. The van der Waals surface area contributed by atoms with Crippen molar-refractivity contribution < 1.29 is 9.53 Å². The molecule has 0 aliphatic heterocycles. The predicted octanol–water partition coefficient (Wildman–Crippen LogP) is 5.07. The number of halogens is 1. The third-order valence-electron chi connectivity index (χ3n) is 3.75. The van der Waals surface area contributed by atoms with Gasteiger partial charge in [0.25, 0.3) is 0 Å². The van der Waals surface area contributed by atoms with Gasteiger partial charge in [-0.3, -0.25) is 4.79 Å². The summed E-state index contributed by atoms with van der Waals surface area (Å²) in [5.41, 5.74) is 4.16. The number of hydrogen-bond donors (Lipinski definition) is 0. The molecule has 0 atom stereocenters. The Bertz CT molecular complexity index is 868. The zero-order valence-corrected chi connectivity index (χ0v) is 19.2. The summed E-state index contributed by atoms with van der Waals surface area (Å²) in [6, 6.07) is 2.99. The van der Waals surface area contributed by atoms with Crippen molar-refractivity contribution in [3.63, 3.8) is 0 Å². The highest BCUT2D eigenvalue weighted by atomic mass is 35.5. The first-order chi connectivity index (χ1) is 12.0. The highest BCUT2D eigenvalue weighted by molar-refractivity contribution is 6.84. The number of nitrogens with zero attached hydrogens (tertiary/aromatic N) is 2. The maximum atomic E-state index is 12.4. The molecule has 0 aliphatic carbocycles. The van der Waals surface area contributed by atoms with E-state index in [9.17, 15) is 4.79 Å². The molecule has 0 N–H and O–H groups in total. The van der Waals surface area contributed by atoms with Gasteiger partial charge in [0.1, 0.15) is 20.5 Å². The lowest BCUT2D eigenvalue weighted by Crippen LogP contribution is -2.22. The van der Waals surface area contributed by atoms with Crippen LogP contribution in [0.4, 0.5) is 0 Å². The van der Waals surface area contributed by atoms with Crippen molar-refractivity contribution in [2.45, 2.75) is 52.1 Å². The van der Waals surface area contributed by atoms with Crippen molar-refractivity contribution in [3.8, 4) is 11.5 Å². The lowest BCUT2D eigenvalue weighted by atomic mass is 10.1. The minimum Gasteiger partial charge on any atom is -0.361 e. The van der Waals surface area contributed by atoms with E-state index in [1.165, 1.54) is 6.20 Å². The molecule has 0 amide bonds. The molecule has 0 aliphatic rings. The van der Waals surface area contributed by atoms with E-state index in [2.05, 4.69) is 55.7 Å². The largest absolute Gasteiger partial charge is 0.361 e. The van der Waals surface area contributed by atoms with E-state index >= 15 is 0 Å². The van der Waals surface area contributed by atoms with Gasteiger partial charge >= 0.3 is 0 Å². The first kappa shape index (κ1) is 20.9.